The summed E-state index contributed by atoms with van der Waals surface area (Å²) >= 11 is 0. The van der Waals surface area contributed by atoms with Crippen molar-refractivity contribution in [3.63, 3.8) is 0 Å². The summed E-state index contributed by atoms with van der Waals surface area (Å²) in [5.41, 5.74) is 5.64. The van der Waals surface area contributed by atoms with Crippen molar-refractivity contribution in [1.29, 1.82) is 0 Å². The van der Waals surface area contributed by atoms with Crippen molar-refractivity contribution in [3.8, 4) is 16.9 Å². The van der Waals surface area contributed by atoms with E-state index in [-0.39, 0.29) is 34.9 Å². The smallest absolute Gasteiger partial charge is 0.416 e. The van der Waals surface area contributed by atoms with E-state index < -0.39 is 17.6 Å². The standard InChI is InChI=1S/C18H13F4NO2/c19-13-6-4-10(5-7-13)8-14-16(24)15(17(23)25-14)11-2-1-3-12(9-11)18(20,21)22/h1-7,9,24H,8,23H2. The van der Waals surface area contributed by atoms with Gasteiger partial charge in [0.25, 0.3) is 0 Å². The summed E-state index contributed by atoms with van der Waals surface area (Å²) in [7, 11) is 0. The Morgan fingerprint density at radius 2 is 1.72 bits per heavy atom. The molecule has 0 atom stereocenters. The molecule has 0 radical (unpaired) electrons. The van der Waals surface area contributed by atoms with E-state index in [0.29, 0.717) is 5.56 Å². The SMILES string of the molecule is Nc1oc(Cc2ccc(F)cc2)c(O)c1-c1cccc(C(F)(F)F)c1. The minimum atomic E-state index is -4.51. The van der Waals surface area contributed by atoms with Crippen LogP contribution in [0.3, 0.4) is 0 Å². The minimum absolute atomic E-state index is 0.00297. The van der Waals surface area contributed by atoms with E-state index in [1.165, 1.54) is 36.4 Å². The molecule has 0 aliphatic heterocycles. The molecule has 130 valence electrons. The van der Waals surface area contributed by atoms with Gasteiger partial charge in [0.2, 0.25) is 5.88 Å². The number of halogens is 4. The quantitative estimate of drug-likeness (QED) is 0.654. The lowest BCUT2D eigenvalue weighted by Gasteiger charge is -2.08. The summed E-state index contributed by atoms with van der Waals surface area (Å²) in [5, 5.41) is 10.3. The fourth-order valence-electron chi connectivity index (χ4n) is 2.53. The number of anilines is 1. The Labute approximate surface area is 140 Å². The van der Waals surface area contributed by atoms with Crippen LogP contribution in [0.4, 0.5) is 23.4 Å². The van der Waals surface area contributed by atoms with E-state index in [1.807, 2.05) is 0 Å². The number of furan rings is 1. The molecule has 7 heteroatoms. The number of rotatable bonds is 3. The monoisotopic (exact) mass is 351 g/mol. The molecule has 0 bridgehead atoms. The molecule has 0 spiro atoms. The predicted molar refractivity (Wildman–Crippen MR) is 84.4 cm³/mol. The van der Waals surface area contributed by atoms with Crippen LogP contribution >= 0.6 is 0 Å². The summed E-state index contributed by atoms with van der Waals surface area (Å²) in [5.74, 6) is -0.830. The zero-order valence-corrected chi connectivity index (χ0v) is 12.8. The molecular formula is C18H13F4NO2. The number of nitrogen functional groups attached to an aromatic ring is 1. The van der Waals surface area contributed by atoms with Gasteiger partial charge in [-0.05, 0) is 35.4 Å². The molecule has 0 aliphatic carbocycles. The van der Waals surface area contributed by atoms with E-state index >= 15 is 0 Å². The first-order chi connectivity index (χ1) is 11.8. The molecule has 0 saturated carbocycles. The number of hydrogen-bond donors (Lipinski definition) is 2. The molecule has 2 aromatic carbocycles. The van der Waals surface area contributed by atoms with Gasteiger partial charge in [-0.1, -0.05) is 24.3 Å². The Morgan fingerprint density at radius 3 is 2.36 bits per heavy atom. The molecule has 1 aromatic heterocycles. The Balaban J connectivity index is 1.99. The molecule has 0 unspecified atom stereocenters. The second-order valence-corrected chi connectivity index (χ2v) is 5.49. The van der Waals surface area contributed by atoms with Crippen LogP contribution < -0.4 is 5.73 Å². The van der Waals surface area contributed by atoms with Crippen LogP contribution in [0.2, 0.25) is 0 Å². The predicted octanol–water partition coefficient (Wildman–Crippen LogP) is 4.98. The first-order valence-electron chi connectivity index (χ1n) is 7.28. The lowest BCUT2D eigenvalue weighted by molar-refractivity contribution is -0.137. The number of hydrogen-bond acceptors (Lipinski definition) is 3. The van der Waals surface area contributed by atoms with Gasteiger partial charge in [0.05, 0.1) is 11.1 Å². The first-order valence-corrected chi connectivity index (χ1v) is 7.28. The van der Waals surface area contributed by atoms with Crippen molar-refractivity contribution in [3.05, 3.63) is 71.2 Å². The largest absolute Gasteiger partial charge is 0.504 e. The fourth-order valence-corrected chi connectivity index (χ4v) is 2.53. The average molecular weight is 351 g/mol. The third-order valence-electron chi connectivity index (χ3n) is 3.74. The minimum Gasteiger partial charge on any atom is -0.504 e. The van der Waals surface area contributed by atoms with Crippen LogP contribution in [0, 0.1) is 5.82 Å². The normalized spacial score (nSPS) is 11.7. The summed E-state index contributed by atoms with van der Waals surface area (Å²) < 4.78 is 56.8. The Kier molecular flexibility index (Phi) is 4.16. The Morgan fingerprint density at radius 1 is 1.04 bits per heavy atom. The molecule has 1 heterocycles. The molecule has 3 aromatic rings. The third-order valence-corrected chi connectivity index (χ3v) is 3.74. The first kappa shape index (κ1) is 16.9. The van der Waals surface area contributed by atoms with E-state index in [4.69, 9.17) is 10.2 Å². The van der Waals surface area contributed by atoms with E-state index in [9.17, 15) is 22.7 Å². The zero-order chi connectivity index (χ0) is 18.2. The van der Waals surface area contributed by atoms with Crippen molar-refractivity contribution in [2.24, 2.45) is 0 Å². The summed E-state index contributed by atoms with van der Waals surface area (Å²) in [6.07, 6.45) is -4.39. The van der Waals surface area contributed by atoms with E-state index in [2.05, 4.69) is 0 Å². The molecule has 0 fully saturated rings. The number of benzene rings is 2. The van der Waals surface area contributed by atoms with Crippen molar-refractivity contribution in [1.82, 2.24) is 0 Å². The van der Waals surface area contributed by atoms with E-state index in [1.54, 1.807) is 0 Å². The molecule has 25 heavy (non-hydrogen) atoms. The van der Waals surface area contributed by atoms with Gasteiger partial charge < -0.3 is 15.3 Å². The highest BCUT2D eigenvalue weighted by atomic mass is 19.4. The zero-order valence-electron chi connectivity index (χ0n) is 12.8. The molecular weight excluding hydrogens is 338 g/mol. The molecule has 0 aliphatic rings. The van der Waals surface area contributed by atoms with Crippen molar-refractivity contribution in [2.75, 3.05) is 5.73 Å². The Hall–Kier alpha value is -2.96. The summed E-state index contributed by atoms with van der Waals surface area (Å²) in [6.45, 7) is 0. The van der Waals surface area contributed by atoms with Gasteiger partial charge in [0.1, 0.15) is 5.82 Å². The fraction of sp³-hybridized carbons (Fsp3) is 0.111. The van der Waals surface area contributed by atoms with Gasteiger partial charge >= 0.3 is 6.18 Å². The molecule has 0 saturated heterocycles. The van der Waals surface area contributed by atoms with Crippen LogP contribution in [0.15, 0.2) is 52.9 Å². The lowest BCUT2D eigenvalue weighted by atomic mass is 10.0. The van der Waals surface area contributed by atoms with Crippen molar-refractivity contribution >= 4 is 5.88 Å². The summed E-state index contributed by atoms with van der Waals surface area (Å²) in [4.78, 5) is 0. The van der Waals surface area contributed by atoms with Gasteiger partial charge in [0.15, 0.2) is 11.5 Å². The van der Waals surface area contributed by atoms with Crippen molar-refractivity contribution in [2.45, 2.75) is 12.6 Å². The molecule has 3 nitrogen and oxygen atoms in total. The number of nitrogens with two attached hydrogens (primary N) is 1. The van der Waals surface area contributed by atoms with Gasteiger partial charge in [-0.3, -0.25) is 0 Å². The number of alkyl halides is 3. The van der Waals surface area contributed by atoms with Gasteiger partial charge in [-0.2, -0.15) is 13.2 Å². The van der Waals surface area contributed by atoms with Crippen LogP contribution in [0.5, 0.6) is 5.75 Å². The highest BCUT2D eigenvalue weighted by molar-refractivity contribution is 5.80. The highest BCUT2D eigenvalue weighted by Crippen LogP contribution is 2.42. The maximum atomic E-state index is 12.9. The second-order valence-electron chi connectivity index (χ2n) is 5.49. The third kappa shape index (κ3) is 3.45. The molecule has 0 amide bonds. The molecule has 3 N–H and O–H groups in total. The van der Waals surface area contributed by atoms with Crippen LogP contribution in [0.25, 0.3) is 11.1 Å². The maximum Gasteiger partial charge on any atom is 0.416 e. The second kappa shape index (κ2) is 6.16. The van der Waals surface area contributed by atoms with Crippen LogP contribution in [0.1, 0.15) is 16.9 Å². The van der Waals surface area contributed by atoms with E-state index in [0.717, 1.165) is 12.1 Å². The lowest BCUT2D eigenvalue weighted by Crippen LogP contribution is -2.04. The van der Waals surface area contributed by atoms with Crippen LogP contribution in [-0.2, 0) is 12.6 Å². The van der Waals surface area contributed by atoms with Crippen molar-refractivity contribution < 1.29 is 27.1 Å². The van der Waals surface area contributed by atoms with Gasteiger partial charge in [0, 0.05) is 6.42 Å². The topological polar surface area (TPSA) is 59.4 Å². The summed E-state index contributed by atoms with van der Waals surface area (Å²) in [6, 6.07) is 9.98. The van der Waals surface area contributed by atoms with Crippen LogP contribution in [-0.4, -0.2) is 5.11 Å². The maximum absolute atomic E-state index is 12.9. The average Bonchev–Trinajstić information content (AvgIpc) is 2.83. The van der Waals surface area contributed by atoms with Gasteiger partial charge in [-0.25, -0.2) is 4.39 Å². The van der Waals surface area contributed by atoms with Gasteiger partial charge in [-0.15, -0.1) is 0 Å². The Bertz CT molecular complexity index is 898. The highest BCUT2D eigenvalue weighted by Gasteiger charge is 2.31. The molecule has 3 rings (SSSR count). The number of aromatic hydroxyl groups is 1.